The zero-order valence-electron chi connectivity index (χ0n) is 12.2. The van der Waals surface area contributed by atoms with E-state index in [0.717, 1.165) is 0 Å². The van der Waals surface area contributed by atoms with Crippen LogP contribution >= 0.6 is 0 Å². The van der Waals surface area contributed by atoms with Crippen LogP contribution in [-0.4, -0.2) is 31.4 Å². The molecule has 5 heteroatoms. The Hall–Kier alpha value is -1.62. The number of ether oxygens (including phenoxy) is 2. The van der Waals surface area contributed by atoms with Gasteiger partial charge in [0.1, 0.15) is 19.0 Å². The molecule has 20 heavy (non-hydrogen) atoms. The predicted molar refractivity (Wildman–Crippen MR) is 76.9 cm³/mol. The van der Waals surface area contributed by atoms with Crippen LogP contribution in [-0.2, 0) is 9.53 Å². The van der Waals surface area contributed by atoms with E-state index < -0.39 is 6.67 Å². The zero-order valence-corrected chi connectivity index (χ0v) is 12.2. The van der Waals surface area contributed by atoms with Crippen LogP contribution in [0.4, 0.5) is 10.1 Å². The molecule has 0 heterocycles. The standard InChI is InChI=1S/C15H22FNO3/c1-15(2,3)20-10-8-14(18)17-12-4-6-13(7-5-12)19-11-9-16/h4-7H,8-11H2,1-3H3,(H,17,18). The molecule has 0 saturated carbocycles. The molecule has 0 unspecified atom stereocenters. The summed E-state index contributed by atoms with van der Waals surface area (Å²) in [5.74, 6) is 0.475. The average Bonchev–Trinajstić information content (AvgIpc) is 2.36. The van der Waals surface area contributed by atoms with Crippen LogP contribution in [0.3, 0.4) is 0 Å². The maximum Gasteiger partial charge on any atom is 0.226 e. The molecule has 0 aliphatic carbocycles. The molecule has 0 aliphatic heterocycles. The molecule has 1 aromatic carbocycles. The first-order chi connectivity index (χ1) is 9.40. The Morgan fingerprint density at radius 1 is 1.20 bits per heavy atom. The molecule has 4 nitrogen and oxygen atoms in total. The summed E-state index contributed by atoms with van der Waals surface area (Å²) >= 11 is 0. The number of benzene rings is 1. The van der Waals surface area contributed by atoms with Gasteiger partial charge in [0, 0.05) is 5.69 Å². The van der Waals surface area contributed by atoms with E-state index in [4.69, 9.17) is 9.47 Å². The summed E-state index contributed by atoms with van der Waals surface area (Å²) in [6, 6.07) is 6.82. The van der Waals surface area contributed by atoms with Gasteiger partial charge >= 0.3 is 0 Å². The van der Waals surface area contributed by atoms with E-state index >= 15 is 0 Å². The lowest BCUT2D eigenvalue weighted by Gasteiger charge is -2.19. The molecular formula is C15H22FNO3. The van der Waals surface area contributed by atoms with Crippen molar-refractivity contribution < 1.29 is 18.7 Å². The Balaban J connectivity index is 2.34. The van der Waals surface area contributed by atoms with Crippen LogP contribution < -0.4 is 10.1 Å². The van der Waals surface area contributed by atoms with Gasteiger partial charge in [-0.25, -0.2) is 4.39 Å². The quantitative estimate of drug-likeness (QED) is 0.836. The lowest BCUT2D eigenvalue weighted by Crippen LogP contribution is -2.22. The second-order valence-corrected chi connectivity index (χ2v) is 5.32. The van der Waals surface area contributed by atoms with Crippen molar-refractivity contribution in [1.29, 1.82) is 0 Å². The number of carbonyl (C=O) groups excluding carboxylic acids is 1. The van der Waals surface area contributed by atoms with Crippen LogP contribution in [0.15, 0.2) is 24.3 Å². The van der Waals surface area contributed by atoms with E-state index in [9.17, 15) is 9.18 Å². The van der Waals surface area contributed by atoms with E-state index in [2.05, 4.69) is 5.32 Å². The topological polar surface area (TPSA) is 47.6 Å². The summed E-state index contributed by atoms with van der Waals surface area (Å²) in [6.45, 7) is 5.73. The maximum absolute atomic E-state index is 11.9. The monoisotopic (exact) mass is 283 g/mol. The fourth-order valence-electron chi connectivity index (χ4n) is 1.46. The second-order valence-electron chi connectivity index (χ2n) is 5.32. The van der Waals surface area contributed by atoms with Gasteiger partial charge in [-0.05, 0) is 45.0 Å². The van der Waals surface area contributed by atoms with Gasteiger partial charge in [0.2, 0.25) is 5.91 Å². The molecule has 0 fully saturated rings. The van der Waals surface area contributed by atoms with Crippen molar-refractivity contribution >= 4 is 11.6 Å². The fraction of sp³-hybridized carbons (Fsp3) is 0.533. The number of nitrogens with one attached hydrogen (secondary N) is 1. The third-order valence-corrected chi connectivity index (χ3v) is 2.35. The summed E-state index contributed by atoms with van der Waals surface area (Å²) in [5, 5.41) is 2.76. The van der Waals surface area contributed by atoms with Gasteiger partial charge in [-0.1, -0.05) is 0 Å². The minimum absolute atomic E-state index is 0.0375. The Morgan fingerprint density at radius 2 is 1.85 bits per heavy atom. The number of amides is 1. The van der Waals surface area contributed by atoms with Crippen LogP contribution in [0, 0.1) is 0 Å². The van der Waals surface area contributed by atoms with Crippen molar-refractivity contribution in [3.63, 3.8) is 0 Å². The highest BCUT2D eigenvalue weighted by Gasteiger charge is 2.11. The molecule has 1 N–H and O–H groups in total. The molecule has 1 rings (SSSR count). The Labute approximate surface area is 119 Å². The van der Waals surface area contributed by atoms with Crippen molar-refractivity contribution in [2.45, 2.75) is 32.8 Å². The molecule has 0 saturated heterocycles. The van der Waals surface area contributed by atoms with E-state index in [1.54, 1.807) is 24.3 Å². The molecule has 1 aromatic rings. The summed E-state index contributed by atoms with van der Waals surface area (Å²) < 4.78 is 22.5. The van der Waals surface area contributed by atoms with E-state index in [0.29, 0.717) is 24.5 Å². The summed E-state index contributed by atoms with van der Waals surface area (Å²) in [5.41, 5.74) is 0.439. The first-order valence-electron chi connectivity index (χ1n) is 6.63. The zero-order chi connectivity index (χ0) is 15.0. The highest BCUT2D eigenvalue weighted by atomic mass is 19.1. The number of halogens is 1. The van der Waals surface area contributed by atoms with Crippen molar-refractivity contribution in [2.75, 3.05) is 25.2 Å². The number of alkyl halides is 1. The molecule has 0 aliphatic rings. The highest BCUT2D eigenvalue weighted by molar-refractivity contribution is 5.90. The van der Waals surface area contributed by atoms with Crippen LogP contribution in [0.1, 0.15) is 27.2 Å². The maximum atomic E-state index is 11.9. The smallest absolute Gasteiger partial charge is 0.226 e. The van der Waals surface area contributed by atoms with Gasteiger partial charge in [0.05, 0.1) is 18.6 Å². The number of anilines is 1. The fourth-order valence-corrected chi connectivity index (χ4v) is 1.46. The summed E-state index contributed by atoms with van der Waals surface area (Å²) in [6.07, 6.45) is 0.303. The molecule has 0 aromatic heterocycles. The number of carbonyl (C=O) groups is 1. The second kappa shape index (κ2) is 7.85. The molecule has 0 bridgehead atoms. The van der Waals surface area contributed by atoms with Gasteiger partial charge < -0.3 is 14.8 Å². The van der Waals surface area contributed by atoms with Crippen LogP contribution in [0.25, 0.3) is 0 Å². The molecule has 0 spiro atoms. The first kappa shape index (κ1) is 16.4. The number of hydrogen-bond donors (Lipinski definition) is 1. The third-order valence-electron chi connectivity index (χ3n) is 2.35. The van der Waals surface area contributed by atoms with Crippen LogP contribution in [0.2, 0.25) is 0 Å². The number of hydrogen-bond acceptors (Lipinski definition) is 3. The predicted octanol–water partition coefficient (Wildman–Crippen LogP) is 3.18. The first-order valence-corrected chi connectivity index (χ1v) is 6.63. The molecule has 112 valence electrons. The number of rotatable bonds is 7. The lowest BCUT2D eigenvalue weighted by atomic mass is 10.2. The van der Waals surface area contributed by atoms with Crippen molar-refractivity contribution in [1.82, 2.24) is 0 Å². The third kappa shape index (κ3) is 7.09. The Bertz CT molecular complexity index is 412. The van der Waals surface area contributed by atoms with Crippen LogP contribution in [0.5, 0.6) is 5.75 Å². The van der Waals surface area contributed by atoms with E-state index in [1.165, 1.54) is 0 Å². The van der Waals surface area contributed by atoms with E-state index in [1.807, 2.05) is 20.8 Å². The van der Waals surface area contributed by atoms with Gasteiger partial charge in [-0.2, -0.15) is 0 Å². The van der Waals surface area contributed by atoms with Gasteiger partial charge in [-0.3, -0.25) is 4.79 Å². The highest BCUT2D eigenvalue weighted by Crippen LogP contribution is 2.16. The minimum atomic E-state index is -0.522. The largest absolute Gasteiger partial charge is 0.491 e. The minimum Gasteiger partial charge on any atom is -0.491 e. The van der Waals surface area contributed by atoms with Gasteiger partial charge in [0.25, 0.3) is 0 Å². The van der Waals surface area contributed by atoms with Gasteiger partial charge in [0.15, 0.2) is 0 Å². The Morgan fingerprint density at radius 3 is 2.40 bits per heavy atom. The molecule has 0 radical (unpaired) electrons. The van der Waals surface area contributed by atoms with Gasteiger partial charge in [-0.15, -0.1) is 0 Å². The normalized spacial score (nSPS) is 11.2. The average molecular weight is 283 g/mol. The molecule has 1 amide bonds. The molecular weight excluding hydrogens is 261 g/mol. The Kier molecular flexibility index (Phi) is 6.45. The van der Waals surface area contributed by atoms with Crippen molar-refractivity contribution in [2.24, 2.45) is 0 Å². The summed E-state index contributed by atoms with van der Waals surface area (Å²) in [4.78, 5) is 11.7. The molecule has 0 atom stereocenters. The SMILES string of the molecule is CC(C)(C)OCCC(=O)Nc1ccc(OCCF)cc1. The van der Waals surface area contributed by atoms with Crippen molar-refractivity contribution in [3.05, 3.63) is 24.3 Å². The lowest BCUT2D eigenvalue weighted by molar-refractivity contribution is -0.118. The van der Waals surface area contributed by atoms with E-state index in [-0.39, 0.29) is 18.1 Å². The summed E-state index contributed by atoms with van der Waals surface area (Å²) in [7, 11) is 0. The van der Waals surface area contributed by atoms with Crippen molar-refractivity contribution in [3.8, 4) is 5.75 Å².